The van der Waals surface area contributed by atoms with Gasteiger partial charge in [-0.3, -0.25) is 4.79 Å². The highest BCUT2D eigenvalue weighted by molar-refractivity contribution is 5.95. The average molecular weight is 270 g/mol. The van der Waals surface area contributed by atoms with Gasteiger partial charge in [-0.25, -0.2) is 4.39 Å². The number of carbonyl (C=O) groups is 1. The van der Waals surface area contributed by atoms with E-state index in [0.29, 0.717) is 12.1 Å². The van der Waals surface area contributed by atoms with E-state index in [4.69, 9.17) is 0 Å². The molecule has 1 heterocycles. The maximum absolute atomic E-state index is 13.0. The number of benzene rings is 2. The van der Waals surface area contributed by atoms with Gasteiger partial charge in [0.2, 0.25) is 0 Å². The fourth-order valence-electron chi connectivity index (χ4n) is 2.36. The Morgan fingerprint density at radius 2 is 2.15 bits per heavy atom. The summed E-state index contributed by atoms with van der Waals surface area (Å²) in [5.74, 6) is -0.441. The summed E-state index contributed by atoms with van der Waals surface area (Å²) >= 11 is 0. The second kappa shape index (κ2) is 5.33. The van der Waals surface area contributed by atoms with Crippen LogP contribution in [0, 0.1) is 5.82 Å². The van der Waals surface area contributed by atoms with Crippen molar-refractivity contribution < 1.29 is 9.18 Å². The van der Waals surface area contributed by atoms with Crippen molar-refractivity contribution in [3.8, 4) is 0 Å². The third kappa shape index (κ3) is 2.64. The lowest BCUT2D eigenvalue weighted by Gasteiger charge is -2.07. The van der Waals surface area contributed by atoms with Crippen molar-refractivity contribution in [2.75, 3.05) is 11.9 Å². The van der Waals surface area contributed by atoms with Crippen molar-refractivity contribution in [3.63, 3.8) is 0 Å². The standard InChI is InChI=1S/C16H15FN2O/c17-14-3-1-2-11(8-14)10-19-16(20)13-5-4-12-6-7-18-15(12)9-13/h1-5,8-9,18H,6-7,10H2,(H,19,20). The molecule has 102 valence electrons. The Morgan fingerprint density at radius 3 is 3.00 bits per heavy atom. The zero-order chi connectivity index (χ0) is 13.9. The fourth-order valence-corrected chi connectivity index (χ4v) is 2.36. The van der Waals surface area contributed by atoms with Crippen LogP contribution in [0.25, 0.3) is 0 Å². The number of rotatable bonds is 3. The van der Waals surface area contributed by atoms with Crippen LogP contribution in [-0.2, 0) is 13.0 Å². The molecule has 2 aromatic carbocycles. The Labute approximate surface area is 116 Å². The Kier molecular flexibility index (Phi) is 3.37. The smallest absolute Gasteiger partial charge is 0.251 e. The summed E-state index contributed by atoms with van der Waals surface area (Å²) in [5, 5.41) is 6.05. The lowest BCUT2D eigenvalue weighted by Crippen LogP contribution is -2.22. The molecule has 0 spiro atoms. The van der Waals surface area contributed by atoms with Crippen LogP contribution < -0.4 is 10.6 Å². The summed E-state index contributed by atoms with van der Waals surface area (Å²) in [5.41, 5.74) is 3.64. The number of amides is 1. The molecule has 0 bridgehead atoms. The molecule has 4 heteroatoms. The lowest BCUT2D eigenvalue weighted by molar-refractivity contribution is 0.0951. The Balaban J connectivity index is 1.67. The van der Waals surface area contributed by atoms with E-state index in [2.05, 4.69) is 10.6 Å². The predicted octanol–water partition coefficient (Wildman–Crippen LogP) is 2.72. The third-order valence-corrected chi connectivity index (χ3v) is 3.42. The Hall–Kier alpha value is -2.36. The molecule has 0 saturated carbocycles. The van der Waals surface area contributed by atoms with Gasteiger partial charge in [0, 0.05) is 24.3 Å². The van der Waals surface area contributed by atoms with Crippen LogP contribution >= 0.6 is 0 Å². The van der Waals surface area contributed by atoms with Crippen molar-refractivity contribution in [1.82, 2.24) is 5.32 Å². The second-order valence-electron chi connectivity index (χ2n) is 4.86. The molecule has 0 radical (unpaired) electrons. The minimum Gasteiger partial charge on any atom is -0.384 e. The highest BCUT2D eigenvalue weighted by atomic mass is 19.1. The number of hydrogen-bond donors (Lipinski definition) is 2. The van der Waals surface area contributed by atoms with Crippen LogP contribution in [0.2, 0.25) is 0 Å². The second-order valence-corrected chi connectivity index (χ2v) is 4.86. The van der Waals surface area contributed by atoms with E-state index in [1.165, 1.54) is 17.7 Å². The first kappa shape index (κ1) is 12.7. The molecule has 3 nitrogen and oxygen atoms in total. The first-order chi connectivity index (χ1) is 9.72. The van der Waals surface area contributed by atoms with Gasteiger partial charge in [-0.05, 0) is 41.8 Å². The van der Waals surface area contributed by atoms with Crippen molar-refractivity contribution >= 4 is 11.6 Å². The first-order valence-corrected chi connectivity index (χ1v) is 6.62. The van der Waals surface area contributed by atoms with E-state index in [9.17, 15) is 9.18 Å². The lowest BCUT2D eigenvalue weighted by atomic mass is 10.1. The van der Waals surface area contributed by atoms with Gasteiger partial charge in [0.15, 0.2) is 0 Å². The zero-order valence-corrected chi connectivity index (χ0v) is 10.9. The predicted molar refractivity (Wildman–Crippen MR) is 76.2 cm³/mol. The number of halogens is 1. The normalized spacial score (nSPS) is 12.7. The molecule has 3 rings (SSSR count). The Morgan fingerprint density at radius 1 is 1.25 bits per heavy atom. The van der Waals surface area contributed by atoms with E-state index >= 15 is 0 Å². The zero-order valence-electron chi connectivity index (χ0n) is 10.9. The van der Waals surface area contributed by atoms with Crippen molar-refractivity contribution in [2.24, 2.45) is 0 Å². The molecule has 2 aromatic rings. The van der Waals surface area contributed by atoms with Crippen molar-refractivity contribution in [1.29, 1.82) is 0 Å². The summed E-state index contributed by atoms with van der Waals surface area (Å²) < 4.78 is 13.0. The van der Waals surface area contributed by atoms with Gasteiger partial charge in [0.05, 0.1) is 0 Å². The SMILES string of the molecule is O=C(NCc1cccc(F)c1)c1ccc2c(c1)NCC2. The van der Waals surface area contributed by atoms with Crippen LogP contribution in [0.15, 0.2) is 42.5 Å². The largest absolute Gasteiger partial charge is 0.384 e. The van der Waals surface area contributed by atoms with Crippen LogP contribution in [0.1, 0.15) is 21.5 Å². The molecule has 20 heavy (non-hydrogen) atoms. The van der Waals surface area contributed by atoms with Crippen LogP contribution in [0.3, 0.4) is 0 Å². The highest BCUT2D eigenvalue weighted by Gasteiger charge is 2.13. The number of anilines is 1. The van der Waals surface area contributed by atoms with E-state index in [1.807, 2.05) is 18.2 Å². The maximum atomic E-state index is 13.0. The number of fused-ring (bicyclic) bond motifs is 1. The molecule has 1 aliphatic rings. The van der Waals surface area contributed by atoms with Gasteiger partial charge in [-0.15, -0.1) is 0 Å². The minimum atomic E-state index is -0.293. The van der Waals surface area contributed by atoms with Gasteiger partial charge in [-0.2, -0.15) is 0 Å². The number of nitrogens with one attached hydrogen (secondary N) is 2. The molecule has 1 amide bonds. The third-order valence-electron chi connectivity index (χ3n) is 3.42. The van der Waals surface area contributed by atoms with Crippen molar-refractivity contribution in [3.05, 3.63) is 65.0 Å². The van der Waals surface area contributed by atoms with Crippen LogP contribution in [0.4, 0.5) is 10.1 Å². The van der Waals surface area contributed by atoms with Crippen LogP contribution in [-0.4, -0.2) is 12.5 Å². The summed E-state index contributed by atoms with van der Waals surface area (Å²) in [6.07, 6.45) is 1.00. The fraction of sp³-hybridized carbons (Fsp3) is 0.188. The first-order valence-electron chi connectivity index (χ1n) is 6.62. The van der Waals surface area contributed by atoms with E-state index in [0.717, 1.165) is 24.2 Å². The molecule has 2 N–H and O–H groups in total. The van der Waals surface area contributed by atoms with Gasteiger partial charge < -0.3 is 10.6 Å². The molecular weight excluding hydrogens is 255 g/mol. The van der Waals surface area contributed by atoms with E-state index in [-0.39, 0.29) is 11.7 Å². The monoisotopic (exact) mass is 270 g/mol. The van der Waals surface area contributed by atoms with Gasteiger partial charge in [0.1, 0.15) is 5.82 Å². The van der Waals surface area contributed by atoms with E-state index in [1.54, 1.807) is 12.1 Å². The number of hydrogen-bond acceptors (Lipinski definition) is 2. The van der Waals surface area contributed by atoms with E-state index < -0.39 is 0 Å². The average Bonchev–Trinajstić information content (AvgIpc) is 2.92. The molecule has 0 aromatic heterocycles. The summed E-state index contributed by atoms with van der Waals surface area (Å²) in [7, 11) is 0. The molecular formula is C16H15FN2O. The van der Waals surface area contributed by atoms with Gasteiger partial charge >= 0.3 is 0 Å². The number of carbonyl (C=O) groups excluding carboxylic acids is 1. The molecule has 0 unspecified atom stereocenters. The summed E-state index contributed by atoms with van der Waals surface area (Å²) in [6.45, 7) is 1.24. The summed E-state index contributed by atoms with van der Waals surface area (Å²) in [6, 6.07) is 11.9. The molecule has 0 aliphatic carbocycles. The highest BCUT2D eigenvalue weighted by Crippen LogP contribution is 2.23. The molecule has 0 saturated heterocycles. The topological polar surface area (TPSA) is 41.1 Å². The molecule has 1 aliphatic heterocycles. The quantitative estimate of drug-likeness (QED) is 0.900. The molecule has 0 atom stereocenters. The summed E-state index contributed by atoms with van der Waals surface area (Å²) in [4.78, 5) is 12.1. The molecule has 0 fully saturated rings. The van der Waals surface area contributed by atoms with Crippen LogP contribution in [0.5, 0.6) is 0 Å². The van der Waals surface area contributed by atoms with Crippen molar-refractivity contribution in [2.45, 2.75) is 13.0 Å². The Bertz CT molecular complexity index is 655. The minimum absolute atomic E-state index is 0.147. The van der Waals surface area contributed by atoms with Gasteiger partial charge in [0.25, 0.3) is 5.91 Å². The maximum Gasteiger partial charge on any atom is 0.251 e. The van der Waals surface area contributed by atoms with Gasteiger partial charge in [-0.1, -0.05) is 18.2 Å².